The van der Waals surface area contributed by atoms with Crippen molar-refractivity contribution in [1.82, 2.24) is 5.32 Å². The molecule has 0 atom stereocenters. The van der Waals surface area contributed by atoms with Crippen molar-refractivity contribution in [2.24, 2.45) is 5.92 Å². The van der Waals surface area contributed by atoms with Gasteiger partial charge < -0.3 is 16.0 Å². The van der Waals surface area contributed by atoms with Crippen LogP contribution in [0.3, 0.4) is 0 Å². The Hall–Kier alpha value is -3.93. The maximum Gasteiger partial charge on any atom is 0.255 e. The summed E-state index contributed by atoms with van der Waals surface area (Å²) in [6.45, 7) is 3.99. The summed E-state index contributed by atoms with van der Waals surface area (Å²) >= 11 is 0. The number of benzene rings is 3. The van der Waals surface area contributed by atoms with Gasteiger partial charge >= 0.3 is 0 Å². The molecule has 3 N–H and O–H groups in total. The highest BCUT2D eigenvalue weighted by Gasteiger charge is 2.10. The molecule has 3 aromatic carbocycles. The highest BCUT2D eigenvalue weighted by Crippen LogP contribution is 2.14. The van der Waals surface area contributed by atoms with Gasteiger partial charge in [-0.25, -0.2) is 0 Å². The summed E-state index contributed by atoms with van der Waals surface area (Å²) < 4.78 is 0. The largest absolute Gasteiger partial charge is 0.348 e. The Labute approximate surface area is 181 Å². The Balaban J connectivity index is 1.55. The van der Waals surface area contributed by atoms with Gasteiger partial charge in [0.15, 0.2) is 0 Å². The fraction of sp³-hybridized carbons (Fsp3) is 0.160. The van der Waals surface area contributed by atoms with Crippen molar-refractivity contribution in [3.8, 4) is 0 Å². The summed E-state index contributed by atoms with van der Waals surface area (Å²) in [4.78, 5) is 36.5. The number of anilines is 2. The van der Waals surface area contributed by atoms with Gasteiger partial charge in [-0.2, -0.15) is 0 Å². The number of amides is 3. The molecule has 0 unspecified atom stereocenters. The molecule has 0 radical (unpaired) electrons. The zero-order valence-electron chi connectivity index (χ0n) is 17.5. The summed E-state index contributed by atoms with van der Waals surface area (Å²) in [5, 5.41) is 8.52. The number of carbonyl (C=O) groups excluding carboxylic acids is 3. The number of hydrogen-bond acceptors (Lipinski definition) is 3. The molecular formula is C25H25N3O3. The molecule has 31 heavy (non-hydrogen) atoms. The molecule has 0 aromatic heterocycles. The van der Waals surface area contributed by atoms with Crippen LogP contribution in [-0.2, 0) is 11.3 Å². The van der Waals surface area contributed by atoms with Crippen molar-refractivity contribution in [2.45, 2.75) is 20.4 Å². The molecular weight excluding hydrogens is 390 g/mol. The molecule has 0 aliphatic rings. The fourth-order valence-electron chi connectivity index (χ4n) is 2.83. The van der Waals surface area contributed by atoms with Gasteiger partial charge in [0, 0.05) is 35.0 Å². The lowest BCUT2D eigenvalue weighted by molar-refractivity contribution is -0.118. The van der Waals surface area contributed by atoms with Crippen molar-refractivity contribution < 1.29 is 14.4 Å². The molecule has 0 bridgehead atoms. The standard InChI is InChI=1S/C25H25N3O3/c1-17(2)23(29)28-22-10-6-7-18(15-22)16-26-24(30)20-11-13-21(14-12-20)27-25(31)19-8-4-3-5-9-19/h3-15,17H,16H2,1-2H3,(H,26,30)(H,27,31)(H,28,29). The van der Waals surface area contributed by atoms with Crippen LogP contribution in [0.5, 0.6) is 0 Å². The van der Waals surface area contributed by atoms with Crippen LogP contribution in [0.15, 0.2) is 78.9 Å². The zero-order chi connectivity index (χ0) is 22.2. The van der Waals surface area contributed by atoms with Crippen LogP contribution < -0.4 is 16.0 Å². The monoisotopic (exact) mass is 415 g/mol. The molecule has 6 heteroatoms. The Morgan fingerprint density at radius 3 is 2.06 bits per heavy atom. The third kappa shape index (κ3) is 6.27. The minimum absolute atomic E-state index is 0.0550. The van der Waals surface area contributed by atoms with Gasteiger partial charge in [-0.15, -0.1) is 0 Å². The van der Waals surface area contributed by atoms with E-state index in [0.29, 0.717) is 29.0 Å². The van der Waals surface area contributed by atoms with Gasteiger partial charge in [-0.3, -0.25) is 14.4 Å². The maximum absolute atomic E-state index is 12.5. The van der Waals surface area contributed by atoms with Gasteiger partial charge in [0.25, 0.3) is 11.8 Å². The third-order valence-corrected chi connectivity index (χ3v) is 4.61. The average molecular weight is 415 g/mol. The Morgan fingerprint density at radius 1 is 0.710 bits per heavy atom. The predicted molar refractivity (Wildman–Crippen MR) is 122 cm³/mol. The lowest BCUT2D eigenvalue weighted by Gasteiger charge is -2.10. The summed E-state index contributed by atoms with van der Waals surface area (Å²) in [7, 11) is 0. The molecule has 0 saturated carbocycles. The van der Waals surface area contributed by atoms with Crippen molar-refractivity contribution in [3.05, 3.63) is 95.6 Å². The van der Waals surface area contributed by atoms with Crippen molar-refractivity contribution in [3.63, 3.8) is 0 Å². The number of rotatable bonds is 7. The van der Waals surface area contributed by atoms with E-state index in [1.165, 1.54) is 0 Å². The molecule has 3 amide bonds. The summed E-state index contributed by atoms with van der Waals surface area (Å²) in [6.07, 6.45) is 0. The van der Waals surface area contributed by atoms with Gasteiger partial charge in [-0.1, -0.05) is 44.2 Å². The summed E-state index contributed by atoms with van der Waals surface area (Å²) in [5.41, 5.74) is 3.24. The second-order valence-electron chi connectivity index (χ2n) is 7.42. The fourth-order valence-corrected chi connectivity index (χ4v) is 2.83. The molecule has 3 rings (SSSR count). The van der Waals surface area contributed by atoms with E-state index < -0.39 is 0 Å². The zero-order valence-corrected chi connectivity index (χ0v) is 17.5. The van der Waals surface area contributed by atoms with E-state index in [-0.39, 0.29) is 23.6 Å². The minimum atomic E-state index is -0.224. The first-order chi connectivity index (χ1) is 14.9. The number of nitrogens with one attached hydrogen (secondary N) is 3. The van der Waals surface area contributed by atoms with E-state index in [1.807, 2.05) is 44.2 Å². The first-order valence-electron chi connectivity index (χ1n) is 10.1. The number of carbonyl (C=O) groups is 3. The van der Waals surface area contributed by atoms with Crippen LogP contribution in [0.25, 0.3) is 0 Å². The van der Waals surface area contributed by atoms with E-state index in [4.69, 9.17) is 0 Å². The molecule has 0 spiro atoms. The maximum atomic E-state index is 12.5. The number of hydrogen-bond donors (Lipinski definition) is 3. The topological polar surface area (TPSA) is 87.3 Å². The molecule has 6 nitrogen and oxygen atoms in total. The second kappa shape index (κ2) is 10.2. The predicted octanol–water partition coefficient (Wildman–Crippen LogP) is 4.46. The van der Waals surface area contributed by atoms with Crippen LogP contribution in [0.2, 0.25) is 0 Å². The third-order valence-electron chi connectivity index (χ3n) is 4.61. The smallest absolute Gasteiger partial charge is 0.255 e. The summed E-state index contributed by atoms with van der Waals surface area (Å²) in [5.74, 6) is -0.593. The van der Waals surface area contributed by atoms with Crippen LogP contribution in [0.1, 0.15) is 40.1 Å². The van der Waals surface area contributed by atoms with Crippen molar-refractivity contribution in [2.75, 3.05) is 10.6 Å². The van der Waals surface area contributed by atoms with Gasteiger partial charge in [-0.05, 0) is 54.1 Å². The molecule has 0 heterocycles. The lowest BCUT2D eigenvalue weighted by Crippen LogP contribution is -2.23. The first kappa shape index (κ1) is 21.8. The van der Waals surface area contributed by atoms with E-state index in [9.17, 15) is 14.4 Å². The molecule has 158 valence electrons. The molecule has 0 aliphatic heterocycles. The Morgan fingerprint density at radius 2 is 1.39 bits per heavy atom. The first-order valence-corrected chi connectivity index (χ1v) is 10.1. The SMILES string of the molecule is CC(C)C(=O)Nc1cccc(CNC(=O)c2ccc(NC(=O)c3ccccc3)cc2)c1. The molecule has 0 aliphatic carbocycles. The van der Waals surface area contributed by atoms with E-state index in [0.717, 1.165) is 5.56 Å². The highest BCUT2D eigenvalue weighted by molar-refractivity contribution is 6.04. The van der Waals surface area contributed by atoms with Crippen molar-refractivity contribution >= 4 is 29.1 Å². The van der Waals surface area contributed by atoms with E-state index >= 15 is 0 Å². The highest BCUT2D eigenvalue weighted by atomic mass is 16.2. The van der Waals surface area contributed by atoms with E-state index in [2.05, 4.69) is 16.0 Å². The average Bonchev–Trinajstić information content (AvgIpc) is 2.78. The van der Waals surface area contributed by atoms with E-state index in [1.54, 1.807) is 48.5 Å². The van der Waals surface area contributed by atoms with Crippen molar-refractivity contribution in [1.29, 1.82) is 0 Å². The Kier molecular flexibility index (Phi) is 7.17. The van der Waals surface area contributed by atoms with Gasteiger partial charge in [0.1, 0.15) is 0 Å². The van der Waals surface area contributed by atoms with Crippen LogP contribution >= 0.6 is 0 Å². The van der Waals surface area contributed by atoms with Gasteiger partial charge in [0.05, 0.1) is 0 Å². The van der Waals surface area contributed by atoms with Gasteiger partial charge in [0.2, 0.25) is 5.91 Å². The molecule has 0 fully saturated rings. The normalized spacial score (nSPS) is 10.4. The minimum Gasteiger partial charge on any atom is -0.348 e. The summed E-state index contributed by atoms with van der Waals surface area (Å²) in [6, 6.07) is 23.0. The van der Waals surface area contributed by atoms with Crippen LogP contribution in [-0.4, -0.2) is 17.7 Å². The molecule has 3 aromatic rings. The lowest BCUT2D eigenvalue weighted by atomic mass is 10.1. The quantitative estimate of drug-likeness (QED) is 0.532. The van der Waals surface area contributed by atoms with Crippen LogP contribution in [0.4, 0.5) is 11.4 Å². The van der Waals surface area contributed by atoms with Crippen LogP contribution in [0, 0.1) is 5.92 Å². The molecule has 0 saturated heterocycles. The Bertz CT molecular complexity index is 1060. The second-order valence-corrected chi connectivity index (χ2v) is 7.42.